The van der Waals surface area contributed by atoms with Crippen molar-refractivity contribution in [2.24, 2.45) is 0 Å². The molecule has 0 atom stereocenters. The molecule has 8 heteroatoms. The van der Waals surface area contributed by atoms with Gasteiger partial charge in [0.05, 0.1) is 6.54 Å². The Balaban J connectivity index is 1.35. The van der Waals surface area contributed by atoms with Crippen LogP contribution in [0.5, 0.6) is 0 Å². The molecule has 1 aliphatic heterocycles. The first kappa shape index (κ1) is 15.5. The molecule has 0 spiro atoms. The lowest BCUT2D eigenvalue weighted by molar-refractivity contribution is 0.193. The van der Waals surface area contributed by atoms with Crippen LogP contribution in [-0.4, -0.2) is 52.2 Å². The molecule has 130 valence electrons. The maximum Gasteiger partial charge on any atom is 0.317 e. The van der Waals surface area contributed by atoms with E-state index in [0.717, 1.165) is 18.6 Å². The number of fused-ring (bicyclic) bond motifs is 1. The summed E-state index contributed by atoms with van der Waals surface area (Å²) in [6, 6.07) is 8.26. The van der Waals surface area contributed by atoms with E-state index >= 15 is 0 Å². The van der Waals surface area contributed by atoms with Crippen LogP contribution in [0.3, 0.4) is 0 Å². The number of nitrogens with one attached hydrogen (secondary N) is 2. The summed E-state index contributed by atoms with van der Waals surface area (Å²) in [4.78, 5) is 23.8. The van der Waals surface area contributed by atoms with E-state index in [1.165, 1.54) is 11.1 Å². The Hall–Kier alpha value is -3.03. The predicted octanol–water partition coefficient (Wildman–Crippen LogP) is 1.89. The number of aromatic amines is 1. The van der Waals surface area contributed by atoms with Crippen molar-refractivity contribution in [3.8, 4) is 0 Å². The van der Waals surface area contributed by atoms with Crippen molar-refractivity contribution in [1.29, 1.82) is 0 Å². The van der Waals surface area contributed by atoms with Crippen LogP contribution in [0.25, 0.3) is 10.9 Å². The normalized spacial score (nSPS) is 14.9. The summed E-state index contributed by atoms with van der Waals surface area (Å²) in [6.45, 7) is 4.97. The molecule has 4 rings (SSSR count). The minimum absolute atomic E-state index is 0.0954. The maximum atomic E-state index is 12.3. The fraction of sp³-hybridized carbons (Fsp3) is 0.353. The third kappa shape index (κ3) is 3.15. The van der Waals surface area contributed by atoms with Crippen LogP contribution in [0.2, 0.25) is 0 Å². The predicted molar refractivity (Wildman–Crippen MR) is 93.4 cm³/mol. The Morgan fingerprint density at radius 2 is 2.12 bits per heavy atom. The molecule has 1 fully saturated rings. The lowest BCUT2D eigenvalue weighted by Crippen LogP contribution is -2.51. The van der Waals surface area contributed by atoms with Crippen molar-refractivity contribution in [1.82, 2.24) is 25.3 Å². The quantitative estimate of drug-likeness (QED) is 0.760. The Labute approximate surface area is 144 Å². The van der Waals surface area contributed by atoms with Crippen LogP contribution < -0.4 is 10.2 Å². The van der Waals surface area contributed by atoms with Gasteiger partial charge in [0.2, 0.25) is 5.89 Å². The number of benzene rings is 1. The highest BCUT2D eigenvalue weighted by molar-refractivity contribution is 5.92. The van der Waals surface area contributed by atoms with E-state index in [-0.39, 0.29) is 12.6 Å². The van der Waals surface area contributed by atoms with Gasteiger partial charge in [-0.15, -0.1) is 0 Å². The van der Waals surface area contributed by atoms with Gasteiger partial charge in [-0.1, -0.05) is 11.2 Å². The number of hydrogen-bond acceptors (Lipinski definition) is 5. The molecule has 0 aliphatic carbocycles. The molecule has 1 aromatic carbocycles. The molecule has 2 amide bonds. The van der Waals surface area contributed by atoms with Crippen LogP contribution in [-0.2, 0) is 6.54 Å². The zero-order valence-electron chi connectivity index (χ0n) is 14.0. The molecule has 1 saturated heterocycles. The summed E-state index contributed by atoms with van der Waals surface area (Å²) in [6.07, 6.45) is 1.96. The topological polar surface area (TPSA) is 90.3 Å². The average molecular weight is 340 g/mol. The number of nitrogens with zero attached hydrogens (tertiary/aromatic N) is 4. The van der Waals surface area contributed by atoms with E-state index in [0.29, 0.717) is 24.8 Å². The molecule has 8 nitrogen and oxygen atoms in total. The van der Waals surface area contributed by atoms with Gasteiger partial charge in [0, 0.05) is 55.9 Å². The third-order valence-electron chi connectivity index (χ3n) is 4.45. The molecule has 0 bridgehead atoms. The summed E-state index contributed by atoms with van der Waals surface area (Å²) in [5, 5.41) is 7.83. The van der Waals surface area contributed by atoms with Crippen LogP contribution in [0.15, 0.2) is 35.0 Å². The van der Waals surface area contributed by atoms with E-state index in [4.69, 9.17) is 4.52 Å². The molecule has 0 unspecified atom stereocenters. The number of urea groups is 1. The second kappa shape index (κ2) is 6.46. The van der Waals surface area contributed by atoms with E-state index in [9.17, 15) is 4.79 Å². The molecule has 0 saturated carbocycles. The fourth-order valence-electron chi connectivity index (χ4n) is 3.17. The van der Waals surface area contributed by atoms with Gasteiger partial charge in [-0.2, -0.15) is 4.98 Å². The van der Waals surface area contributed by atoms with Gasteiger partial charge in [0.1, 0.15) is 0 Å². The van der Waals surface area contributed by atoms with Crippen molar-refractivity contribution < 1.29 is 9.32 Å². The van der Waals surface area contributed by atoms with Gasteiger partial charge < -0.3 is 24.6 Å². The summed E-state index contributed by atoms with van der Waals surface area (Å²) < 4.78 is 4.90. The van der Waals surface area contributed by atoms with E-state index in [1.54, 1.807) is 6.92 Å². The molecule has 0 radical (unpaired) electrons. The van der Waals surface area contributed by atoms with Crippen molar-refractivity contribution in [3.63, 3.8) is 0 Å². The van der Waals surface area contributed by atoms with Gasteiger partial charge in [0.15, 0.2) is 5.82 Å². The molecule has 1 aliphatic rings. The van der Waals surface area contributed by atoms with E-state index in [1.807, 2.05) is 11.1 Å². The van der Waals surface area contributed by atoms with Gasteiger partial charge in [0.25, 0.3) is 0 Å². The Kier molecular flexibility index (Phi) is 4.01. The highest BCUT2D eigenvalue weighted by Crippen LogP contribution is 2.26. The van der Waals surface area contributed by atoms with Gasteiger partial charge >= 0.3 is 6.03 Å². The monoisotopic (exact) mass is 340 g/mol. The molecule has 3 heterocycles. The number of anilines is 1. The first-order valence-corrected chi connectivity index (χ1v) is 8.34. The molecular formula is C17H20N6O2. The number of aromatic nitrogens is 3. The number of aryl methyl sites for hydroxylation is 1. The number of carbonyl (C=O) groups excluding carboxylic acids is 1. The Morgan fingerprint density at radius 1 is 1.28 bits per heavy atom. The van der Waals surface area contributed by atoms with Crippen LogP contribution in [0, 0.1) is 6.92 Å². The number of rotatable bonds is 3. The number of amides is 2. The van der Waals surface area contributed by atoms with Crippen LogP contribution in [0.1, 0.15) is 11.7 Å². The van der Waals surface area contributed by atoms with Crippen molar-refractivity contribution >= 4 is 22.6 Å². The van der Waals surface area contributed by atoms with E-state index in [2.05, 4.69) is 49.6 Å². The summed E-state index contributed by atoms with van der Waals surface area (Å²) in [5.41, 5.74) is 2.34. The molecular weight excluding hydrogens is 320 g/mol. The second-order valence-corrected chi connectivity index (χ2v) is 6.08. The number of piperazine rings is 1. The lowest BCUT2D eigenvalue weighted by atomic mass is 10.2. The molecule has 25 heavy (non-hydrogen) atoms. The average Bonchev–Trinajstić information content (AvgIpc) is 3.28. The smallest absolute Gasteiger partial charge is 0.317 e. The third-order valence-corrected chi connectivity index (χ3v) is 4.45. The fourth-order valence-corrected chi connectivity index (χ4v) is 3.17. The van der Waals surface area contributed by atoms with E-state index < -0.39 is 0 Å². The Morgan fingerprint density at radius 3 is 2.88 bits per heavy atom. The summed E-state index contributed by atoms with van der Waals surface area (Å²) in [7, 11) is 0. The number of hydrogen-bond donors (Lipinski definition) is 2. The van der Waals surface area contributed by atoms with Crippen molar-refractivity contribution in [2.45, 2.75) is 13.5 Å². The van der Waals surface area contributed by atoms with Gasteiger partial charge in [-0.05, 0) is 18.2 Å². The minimum atomic E-state index is -0.0954. The highest BCUT2D eigenvalue weighted by Gasteiger charge is 2.22. The Bertz CT molecular complexity index is 878. The summed E-state index contributed by atoms with van der Waals surface area (Å²) in [5.74, 6) is 0.986. The number of H-pyrrole nitrogens is 1. The minimum Gasteiger partial charge on any atom is -0.367 e. The number of carbonyl (C=O) groups is 1. The SMILES string of the molecule is Cc1nc(CNC(=O)N2CCN(c3cccc4[nH]ccc34)CC2)no1. The largest absolute Gasteiger partial charge is 0.367 e. The first-order valence-electron chi connectivity index (χ1n) is 8.34. The highest BCUT2D eigenvalue weighted by atomic mass is 16.5. The van der Waals surface area contributed by atoms with Gasteiger partial charge in [-0.25, -0.2) is 4.79 Å². The summed E-state index contributed by atoms with van der Waals surface area (Å²) >= 11 is 0. The molecule has 2 aromatic heterocycles. The lowest BCUT2D eigenvalue weighted by Gasteiger charge is -2.36. The zero-order valence-corrected chi connectivity index (χ0v) is 14.0. The maximum absolute atomic E-state index is 12.3. The van der Waals surface area contributed by atoms with Crippen molar-refractivity contribution in [2.75, 3.05) is 31.1 Å². The van der Waals surface area contributed by atoms with Crippen LogP contribution in [0.4, 0.5) is 10.5 Å². The second-order valence-electron chi connectivity index (χ2n) is 6.08. The van der Waals surface area contributed by atoms with Crippen molar-refractivity contribution in [3.05, 3.63) is 42.2 Å². The van der Waals surface area contributed by atoms with Gasteiger partial charge in [-0.3, -0.25) is 0 Å². The van der Waals surface area contributed by atoms with Crippen LogP contribution >= 0.6 is 0 Å². The zero-order chi connectivity index (χ0) is 17.2. The first-order chi connectivity index (χ1) is 12.2. The molecule has 2 N–H and O–H groups in total. The molecule has 3 aromatic rings. The standard InChI is InChI=1S/C17H20N6O2/c1-12-20-16(21-25-12)11-19-17(24)23-9-7-22(8-10-23)15-4-2-3-14-13(15)5-6-18-14/h2-6,18H,7-11H2,1H3,(H,19,24).